The number of hydrogen-bond donors (Lipinski definition) is 1. The summed E-state index contributed by atoms with van der Waals surface area (Å²) in [4.78, 5) is 13.8. The molecule has 2 aromatic rings. The highest BCUT2D eigenvalue weighted by Crippen LogP contribution is 2.15. The Hall–Kier alpha value is -2.14. The van der Waals surface area contributed by atoms with Crippen LogP contribution in [0.5, 0.6) is 0 Å². The number of likely N-dealkylation sites (N-methyl/N-ethyl adjacent to an activating group) is 1. The van der Waals surface area contributed by atoms with Crippen LogP contribution in [0.2, 0.25) is 0 Å². The van der Waals surface area contributed by atoms with Gasteiger partial charge in [0.15, 0.2) is 0 Å². The van der Waals surface area contributed by atoms with Crippen molar-refractivity contribution in [3.8, 4) is 0 Å². The third-order valence-corrected chi connectivity index (χ3v) is 4.08. The molecule has 0 spiro atoms. The van der Waals surface area contributed by atoms with E-state index in [4.69, 9.17) is 0 Å². The molecule has 0 atom stereocenters. The van der Waals surface area contributed by atoms with Crippen LogP contribution in [0.15, 0.2) is 42.6 Å². The highest BCUT2D eigenvalue weighted by molar-refractivity contribution is 5.43. The minimum atomic E-state index is 0.694. The summed E-state index contributed by atoms with van der Waals surface area (Å²) in [6, 6.07) is 12.3. The van der Waals surface area contributed by atoms with Crippen LogP contribution in [-0.2, 0) is 6.54 Å². The van der Waals surface area contributed by atoms with Gasteiger partial charge in [0.25, 0.3) is 0 Å². The van der Waals surface area contributed by atoms with Gasteiger partial charge in [-0.05, 0) is 18.2 Å². The number of anilines is 2. The van der Waals surface area contributed by atoms with Gasteiger partial charge in [-0.25, -0.2) is 4.98 Å². The minimum Gasteiger partial charge on any atom is -0.354 e. The van der Waals surface area contributed by atoms with Gasteiger partial charge in [0, 0.05) is 38.9 Å². The first-order valence-electron chi connectivity index (χ1n) is 7.93. The van der Waals surface area contributed by atoms with Crippen molar-refractivity contribution in [2.75, 3.05) is 42.9 Å². The first kappa shape index (κ1) is 14.8. The summed E-state index contributed by atoms with van der Waals surface area (Å²) in [7, 11) is 0. The van der Waals surface area contributed by atoms with E-state index in [1.807, 2.05) is 30.5 Å². The van der Waals surface area contributed by atoms with Crippen molar-refractivity contribution in [3.05, 3.63) is 48.2 Å². The van der Waals surface area contributed by atoms with Crippen molar-refractivity contribution in [1.29, 1.82) is 0 Å². The van der Waals surface area contributed by atoms with Crippen LogP contribution in [-0.4, -0.2) is 47.6 Å². The van der Waals surface area contributed by atoms with Crippen molar-refractivity contribution >= 4 is 11.8 Å². The van der Waals surface area contributed by atoms with Crippen LogP contribution in [0.1, 0.15) is 12.5 Å². The number of piperazine rings is 1. The molecule has 1 N–H and O–H groups in total. The van der Waals surface area contributed by atoms with Crippen LogP contribution in [0.4, 0.5) is 11.8 Å². The predicted octanol–water partition coefficient (Wildman–Crippen LogP) is 2.23. The maximum Gasteiger partial charge on any atom is 0.224 e. The van der Waals surface area contributed by atoms with Gasteiger partial charge in [-0.1, -0.05) is 37.3 Å². The molecule has 1 fully saturated rings. The molecule has 0 saturated carbocycles. The Labute approximate surface area is 132 Å². The fraction of sp³-hybridized carbons (Fsp3) is 0.412. The van der Waals surface area contributed by atoms with E-state index in [1.54, 1.807) is 0 Å². The van der Waals surface area contributed by atoms with Gasteiger partial charge in [0.05, 0.1) is 0 Å². The van der Waals surface area contributed by atoms with E-state index in [-0.39, 0.29) is 0 Å². The van der Waals surface area contributed by atoms with Crippen molar-refractivity contribution < 1.29 is 0 Å². The van der Waals surface area contributed by atoms with E-state index >= 15 is 0 Å². The summed E-state index contributed by atoms with van der Waals surface area (Å²) in [6.45, 7) is 8.36. The standard InChI is InChI=1S/C17H23N5/c1-2-21-10-12-22(13-11-21)16-8-9-18-17(20-16)19-14-15-6-4-3-5-7-15/h3-9H,2,10-14H2,1H3,(H,18,19,20). The van der Waals surface area contributed by atoms with Gasteiger partial charge < -0.3 is 15.1 Å². The van der Waals surface area contributed by atoms with Crippen LogP contribution < -0.4 is 10.2 Å². The SMILES string of the molecule is CCN1CCN(c2ccnc(NCc3ccccc3)n2)CC1. The lowest BCUT2D eigenvalue weighted by atomic mass is 10.2. The molecule has 0 aliphatic carbocycles. The number of nitrogens with zero attached hydrogens (tertiary/aromatic N) is 4. The second-order valence-corrected chi connectivity index (χ2v) is 5.50. The summed E-state index contributed by atoms with van der Waals surface area (Å²) < 4.78 is 0. The molecule has 1 saturated heterocycles. The van der Waals surface area contributed by atoms with E-state index in [1.165, 1.54) is 5.56 Å². The highest BCUT2D eigenvalue weighted by atomic mass is 15.3. The Kier molecular flexibility index (Phi) is 4.85. The van der Waals surface area contributed by atoms with Crippen LogP contribution in [0.3, 0.4) is 0 Å². The van der Waals surface area contributed by atoms with E-state index in [0.29, 0.717) is 5.95 Å². The first-order chi connectivity index (χ1) is 10.8. The first-order valence-corrected chi connectivity index (χ1v) is 7.93. The molecule has 0 bridgehead atoms. The minimum absolute atomic E-state index is 0.694. The Balaban J connectivity index is 1.60. The van der Waals surface area contributed by atoms with E-state index in [9.17, 15) is 0 Å². The van der Waals surface area contributed by atoms with E-state index in [2.05, 4.69) is 44.1 Å². The number of benzene rings is 1. The van der Waals surface area contributed by atoms with Gasteiger partial charge in [-0.2, -0.15) is 4.98 Å². The van der Waals surface area contributed by atoms with Gasteiger partial charge >= 0.3 is 0 Å². The van der Waals surface area contributed by atoms with Gasteiger partial charge in [0.2, 0.25) is 5.95 Å². The fourth-order valence-electron chi connectivity index (χ4n) is 2.68. The summed E-state index contributed by atoms with van der Waals surface area (Å²) in [5.41, 5.74) is 1.23. The van der Waals surface area contributed by atoms with Crippen molar-refractivity contribution in [2.45, 2.75) is 13.5 Å². The molecule has 2 heterocycles. The second kappa shape index (κ2) is 7.22. The lowest BCUT2D eigenvalue weighted by Gasteiger charge is -2.34. The maximum absolute atomic E-state index is 4.65. The molecule has 0 unspecified atom stereocenters. The Morgan fingerprint density at radius 3 is 2.55 bits per heavy atom. The average molecular weight is 297 g/mol. The molecule has 1 aromatic carbocycles. The maximum atomic E-state index is 4.65. The average Bonchev–Trinajstić information content (AvgIpc) is 2.61. The normalized spacial score (nSPS) is 15.8. The van der Waals surface area contributed by atoms with Gasteiger partial charge in [0.1, 0.15) is 5.82 Å². The number of hydrogen-bond acceptors (Lipinski definition) is 5. The fourth-order valence-corrected chi connectivity index (χ4v) is 2.68. The molecule has 1 aliphatic heterocycles. The summed E-state index contributed by atoms with van der Waals surface area (Å²) in [6.07, 6.45) is 1.84. The van der Waals surface area contributed by atoms with Crippen LogP contribution >= 0.6 is 0 Å². The third-order valence-electron chi connectivity index (χ3n) is 4.08. The zero-order chi connectivity index (χ0) is 15.2. The van der Waals surface area contributed by atoms with Crippen LogP contribution in [0, 0.1) is 0 Å². The van der Waals surface area contributed by atoms with E-state index in [0.717, 1.165) is 45.1 Å². The van der Waals surface area contributed by atoms with Crippen molar-refractivity contribution in [2.24, 2.45) is 0 Å². The molecule has 22 heavy (non-hydrogen) atoms. The lowest BCUT2D eigenvalue weighted by molar-refractivity contribution is 0.270. The van der Waals surface area contributed by atoms with Crippen LogP contribution in [0.25, 0.3) is 0 Å². The monoisotopic (exact) mass is 297 g/mol. The highest BCUT2D eigenvalue weighted by Gasteiger charge is 2.17. The molecule has 116 valence electrons. The van der Waals surface area contributed by atoms with Crippen molar-refractivity contribution in [3.63, 3.8) is 0 Å². The quantitative estimate of drug-likeness (QED) is 0.917. The smallest absolute Gasteiger partial charge is 0.224 e. The lowest BCUT2D eigenvalue weighted by Crippen LogP contribution is -2.46. The van der Waals surface area contributed by atoms with E-state index < -0.39 is 0 Å². The Bertz CT molecular complexity index is 579. The molecular formula is C17H23N5. The predicted molar refractivity (Wildman–Crippen MR) is 90.1 cm³/mol. The largest absolute Gasteiger partial charge is 0.354 e. The Morgan fingerprint density at radius 1 is 1.05 bits per heavy atom. The zero-order valence-electron chi connectivity index (χ0n) is 13.1. The molecule has 1 aromatic heterocycles. The molecule has 5 heteroatoms. The Morgan fingerprint density at radius 2 is 1.82 bits per heavy atom. The molecular weight excluding hydrogens is 274 g/mol. The second-order valence-electron chi connectivity index (χ2n) is 5.50. The van der Waals surface area contributed by atoms with Gasteiger partial charge in [-0.15, -0.1) is 0 Å². The molecule has 3 rings (SSSR count). The summed E-state index contributed by atoms with van der Waals surface area (Å²) in [5, 5.41) is 3.30. The summed E-state index contributed by atoms with van der Waals surface area (Å²) in [5.74, 6) is 1.71. The molecule has 5 nitrogen and oxygen atoms in total. The van der Waals surface area contributed by atoms with Crippen molar-refractivity contribution in [1.82, 2.24) is 14.9 Å². The third kappa shape index (κ3) is 3.74. The molecule has 0 amide bonds. The zero-order valence-corrected chi connectivity index (χ0v) is 13.1. The molecule has 0 radical (unpaired) electrons. The molecule has 1 aliphatic rings. The van der Waals surface area contributed by atoms with Gasteiger partial charge in [-0.3, -0.25) is 0 Å². The number of nitrogens with one attached hydrogen (secondary N) is 1. The topological polar surface area (TPSA) is 44.3 Å². The number of rotatable bonds is 5. The summed E-state index contributed by atoms with van der Waals surface area (Å²) >= 11 is 0. The number of aromatic nitrogens is 2.